The lowest BCUT2D eigenvalue weighted by Crippen LogP contribution is -2.17. The average Bonchev–Trinajstić information content (AvgIpc) is 3.52. The summed E-state index contributed by atoms with van der Waals surface area (Å²) in [5, 5.41) is 24.6. The number of amidine groups is 1. The number of nitrogen functional groups attached to an aromatic ring is 1. The van der Waals surface area contributed by atoms with E-state index in [0.29, 0.717) is 22.1 Å². The summed E-state index contributed by atoms with van der Waals surface area (Å²) in [5.41, 5.74) is 6.30. The van der Waals surface area contributed by atoms with E-state index in [4.69, 9.17) is 30.5 Å². The SMILES string of the molecule is CC(=O)O.COc1cc(F)c(C(Nc2ccc(C(=N)N)cc2)c2nn(-c3nccs3)c(=O)[nH]2)cc1OC. The fourth-order valence-electron chi connectivity index (χ4n) is 3.22. The molecule has 14 heteroatoms. The highest BCUT2D eigenvalue weighted by atomic mass is 32.1. The number of ether oxygens (including phenoxy) is 2. The van der Waals surface area contributed by atoms with E-state index in [9.17, 15) is 4.79 Å². The van der Waals surface area contributed by atoms with Gasteiger partial charge in [0.1, 0.15) is 17.7 Å². The van der Waals surface area contributed by atoms with Crippen molar-refractivity contribution in [2.24, 2.45) is 5.73 Å². The molecular weight excluding hydrogens is 505 g/mol. The highest BCUT2D eigenvalue weighted by Gasteiger charge is 2.26. The van der Waals surface area contributed by atoms with Crippen molar-refractivity contribution in [3.8, 4) is 16.6 Å². The van der Waals surface area contributed by atoms with Gasteiger partial charge in [-0.3, -0.25) is 15.2 Å². The van der Waals surface area contributed by atoms with Crippen LogP contribution in [0, 0.1) is 11.2 Å². The third-order valence-electron chi connectivity index (χ3n) is 4.83. The Morgan fingerprint density at radius 1 is 1.24 bits per heavy atom. The van der Waals surface area contributed by atoms with E-state index in [1.165, 1.54) is 37.7 Å². The van der Waals surface area contributed by atoms with Crippen LogP contribution in [0.1, 0.15) is 29.9 Å². The first-order valence-corrected chi connectivity index (χ1v) is 11.4. The van der Waals surface area contributed by atoms with E-state index < -0.39 is 23.5 Å². The molecule has 194 valence electrons. The zero-order valence-electron chi connectivity index (χ0n) is 20.0. The van der Waals surface area contributed by atoms with Gasteiger partial charge < -0.3 is 25.6 Å². The van der Waals surface area contributed by atoms with Gasteiger partial charge in [-0.05, 0) is 30.3 Å². The molecule has 0 saturated heterocycles. The van der Waals surface area contributed by atoms with Crippen LogP contribution in [0.2, 0.25) is 0 Å². The van der Waals surface area contributed by atoms with E-state index in [0.717, 1.165) is 11.6 Å². The lowest BCUT2D eigenvalue weighted by molar-refractivity contribution is -0.134. The molecule has 2 aromatic heterocycles. The van der Waals surface area contributed by atoms with Crippen LogP contribution in [0.5, 0.6) is 11.5 Å². The number of halogens is 1. The number of carbonyl (C=O) groups is 1. The van der Waals surface area contributed by atoms with Crippen LogP contribution in [0.25, 0.3) is 5.13 Å². The lowest BCUT2D eigenvalue weighted by Gasteiger charge is -2.20. The molecule has 12 nitrogen and oxygen atoms in total. The van der Waals surface area contributed by atoms with Gasteiger partial charge in [-0.2, -0.15) is 4.68 Å². The molecule has 37 heavy (non-hydrogen) atoms. The minimum absolute atomic E-state index is 0.0736. The summed E-state index contributed by atoms with van der Waals surface area (Å²) in [4.78, 5) is 28.4. The summed E-state index contributed by atoms with van der Waals surface area (Å²) in [7, 11) is 2.86. The van der Waals surface area contributed by atoms with Crippen LogP contribution in [0.15, 0.2) is 52.8 Å². The number of nitrogens with one attached hydrogen (secondary N) is 3. The number of rotatable bonds is 8. The Morgan fingerprint density at radius 3 is 2.41 bits per heavy atom. The molecule has 0 saturated carbocycles. The number of carboxylic acids is 1. The minimum Gasteiger partial charge on any atom is -0.493 e. The largest absolute Gasteiger partial charge is 0.493 e. The Labute approximate surface area is 214 Å². The smallest absolute Gasteiger partial charge is 0.350 e. The van der Waals surface area contributed by atoms with Crippen molar-refractivity contribution in [3.63, 3.8) is 0 Å². The Kier molecular flexibility index (Phi) is 8.58. The lowest BCUT2D eigenvalue weighted by atomic mass is 10.0. The molecule has 1 atom stereocenters. The van der Waals surface area contributed by atoms with Crippen molar-refractivity contribution in [2.45, 2.75) is 13.0 Å². The number of aliphatic carboxylic acids is 1. The number of hydrogen-bond donors (Lipinski definition) is 5. The molecule has 0 aliphatic heterocycles. The maximum absolute atomic E-state index is 15.2. The van der Waals surface area contributed by atoms with Gasteiger partial charge in [-0.1, -0.05) is 0 Å². The fourth-order valence-corrected chi connectivity index (χ4v) is 3.81. The molecule has 2 heterocycles. The van der Waals surface area contributed by atoms with Gasteiger partial charge in [0.05, 0.1) is 14.2 Å². The molecule has 2 aromatic carbocycles. The third kappa shape index (κ3) is 6.49. The summed E-state index contributed by atoms with van der Waals surface area (Å²) >= 11 is 1.24. The first kappa shape index (κ1) is 26.9. The summed E-state index contributed by atoms with van der Waals surface area (Å²) in [6, 6.07) is 8.49. The monoisotopic (exact) mass is 529 g/mol. The standard InChI is InChI=1S/C21H20FN7O3S.C2H4O2/c1-31-15-9-13(14(22)10-16(15)32-2)17(26-12-5-3-11(4-6-12)18(23)24)19-27-20(30)29(28-19)21-25-7-8-33-21;1-2(3)4/h3-10,17,26H,1-2H3,(H3,23,24)(H,27,28,30);1H3,(H,3,4). The minimum atomic E-state index is -0.901. The van der Waals surface area contributed by atoms with Crippen molar-refractivity contribution in [2.75, 3.05) is 19.5 Å². The van der Waals surface area contributed by atoms with Gasteiger partial charge >= 0.3 is 5.69 Å². The molecule has 6 N–H and O–H groups in total. The second-order valence-electron chi connectivity index (χ2n) is 7.36. The van der Waals surface area contributed by atoms with Crippen LogP contribution in [0.3, 0.4) is 0 Å². The first-order valence-electron chi connectivity index (χ1n) is 10.6. The normalized spacial score (nSPS) is 11.1. The molecule has 0 fully saturated rings. The Hall–Kier alpha value is -4.72. The molecule has 0 amide bonds. The van der Waals surface area contributed by atoms with E-state index in [1.54, 1.807) is 35.8 Å². The highest BCUT2D eigenvalue weighted by Crippen LogP contribution is 2.35. The van der Waals surface area contributed by atoms with Crippen molar-refractivity contribution >= 4 is 28.8 Å². The number of benzene rings is 2. The van der Waals surface area contributed by atoms with Gasteiger partial charge in [0.25, 0.3) is 5.97 Å². The topological polar surface area (TPSA) is 181 Å². The van der Waals surface area contributed by atoms with E-state index in [1.807, 2.05) is 0 Å². The number of carboxylic acid groups (broad SMARTS) is 1. The Bertz CT molecular complexity index is 1430. The molecular formula is C23H24FN7O5S. The maximum atomic E-state index is 15.2. The van der Waals surface area contributed by atoms with Crippen LogP contribution in [0.4, 0.5) is 10.1 Å². The van der Waals surface area contributed by atoms with Crippen molar-refractivity contribution in [3.05, 3.63) is 81.2 Å². The molecule has 0 aliphatic carbocycles. The predicted molar refractivity (Wildman–Crippen MR) is 136 cm³/mol. The number of nitrogens with two attached hydrogens (primary N) is 1. The molecule has 0 radical (unpaired) electrons. The molecule has 0 spiro atoms. The van der Waals surface area contributed by atoms with E-state index in [-0.39, 0.29) is 23.0 Å². The summed E-state index contributed by atoms with van der Waals surface area (Å²) < 4.78 is 26.8. The van der Waals surface area contributed by atoms with Gasteiger partial charge in [-0.15, -0.1) is 16.4 Å². The van der Waals surface area contributed by atoms with Crippen LogP contribution >= 0.6 is 11.3 Å². The number of nitrogens with zero attached hydrogens (tertiary/aromatic N) is 3. The molecule has 0 aliphatic rings. The Balaban J connectivity index is 0.000000886. The molecule has 0 bridgehead atoms. The van der Waals surface area contributed by atoms with Crippen LogP contribution < -0.4 is 26.2 Å². The highest BCUT2D eigenvalue weighted by molar-refractivity contribution is 7.12. The number of H-pyrrole nitrogens is 1. The van der Waals surface area contributed by atoms with E-state index >= 15 is 4.39 Å². The van der Waals surface area contributed by atoms with Crippen LogP contribution in [-0.4, -0.2) is 50.9 Å². The number of anilines is 1. The summed E-state index contributed by atoms with van der Waals surface area (Å²) in [6.07, 6.45) is 1.56. The zero-order valence-corrected chi connectivity index (χ0v) is 20.8. The summed E-state index contributed by atoms with van der Waals surface area (Å²) in [6.45, 7) is 1.08. The predicted octanol–water partition coefficient (Wildman–Crippen LogP) is 2.75. The molecule has 4 aromatic rings. The van der Waals surface area contributed by atoms with Gasteiger partial charge in [0.2, 0.25) is 5.13 Å². The third-order valence-corrected chi connectivity index (χ3v) is 5.58. The van der Waals surface area contributed by atoms with E-state index in [2.05, 4.69) is 20.4 Å². The quantitative estimate of drug-likeness (QED) is 0.169. The number of methoxy groups -OCH3 is 2. The average molecular weight is 530 g/mol. The van der Waals surface area contributed by atoms with Crippen LogP contribution in [-0.2, 0) is 4.79 Å². The van der Waals surface area contributed by atoms with Gasteiger partial charge in [0.15, 0.2) is 17.3 Å². The number of aromatic nitrogens is 4. The second kappa shape index (κ2) is 11.8. The van der Waals surface area contributed by atoms with Crippen molar-refractivity contribution in [1.82, 2.24) is 19.7 Å². The summed E-state index contributed by atoms with van der Waals surface area (Å²) in [5.74, 6) is -0.790. The first-order chi connectivity index (χ1) is 17.6. The maximum Gasteiger partial charge on any atom is 0.350 e. The fraction of sp³-hybridized carbons (Fsp3) is 0.174. The molecule has 4 rings (SSSR count). The van der Waals surface area contributed by atoms with Crippen molar-refractivity contribution < 1.29 is 23.8 Å². The second-order valence-corrected chi connectivity index (χ2v) is 8.23. The number of thiazole rings is 1. The number of hydrogen-bond acceptors (Lipinski definition) is 9. The molecule has 1 unspecified atom stereocenters. The Morgan fingerprint density at radius 2 is 1.86 bits per heavy atom. The van der Waals surface area contributed by atoms with Gasteiger partial charge in [0, 0.05) is 41.4 Å². The van der Waals surface area contributed by atoms with Crippen molar-refractivity contribution in [1.29, 1.82) is 5.41 Å². The number of aromatic amines is 1. The zero-order chi connectivity index (χ0) is 27.1. The van der Waals surface area contributed by atoms with Gasteiger partial charge in [-0.25, -0.2) is 14.2 Å².